The minimum absolute atomic E-state index is 0.0228. The summed E-state index contributed by atoms with van der Waals surface area (Å²) in [6, 6.07) is 5.32. The van der Waals surface area contributed by atoms with Crippen molar-refractivity contribution in [2.24, 2.45) is 5.92 Å². The highest BCUT2D eigenvalue weighted by Gasteiger charge is 2.44. The first kappa shape index (κ1) is 17.9. The second-order valence-corrected chi connectivity index (χ2v) is 7.15. The Morgan fingerprint density at radius 2 is 2.19 bits per heavy atom. The molecule has 1 saturated heterocycles. The van der Waals surface area contributed by atoms with E-state index in [9.17, 15) is 9.59 Å². The molecule has 0 spiro atoms. The molecule has 2 heterocycles. The monoisotopic (exact) mass is 372 g/mol. The molecular weight excluding hydrogens is 348 g/mol. The third kappa shape index (κ3) is 3.28. The zero-order valence-electron chi connectivity index (χ0n) is 15.4. The van der Waals surface area contributed by atoms with Gasteiger partial charge in [0.15, 0.2) is 0 Å². The van der Waals surface area contributed by atoms with Crippen molar-refractivity contribution in [2.75, 3.05) is 7.11 Å². The maximum atomic E-state index is 12.7. The fourth-order valence-corrected chi connectivity index (χ4v) is 4.16. The number of esters is 1. The molecule has 4 unspecified atom stereocenters. The molecule has 2 fully saturated rings. The Bertz CT molecular complexity index is 866. The van der Waals surface area contributed by atoms with Crippen LogP contribution in [-0.4, -0.2) is 52.1 Å². The molecule has 1 amide bonds. The van der Waals surface area contributed by atoms with E-state index >= 15 is 0 Å². The van der Waals surface area contributed by atoms with E-state index in [1.165, 1.54) is 7.11 Å². The molecule has 4 rings (SSSR count). The van der Waals surface area contributed by atoms with Gasteiger partial charge in [0.2, 0.25) is 0 Å². The zero-order chi connectivity index (χ0) is 19.0. The van der Waals surface area contributed by atoms with Crippen molar-refractivity contribution in [3.8, 4) is 0 Å². The van der Waals surface area contributed by atoms with Crippen molar-refractivity contribution in [3.63, 3.8) is 0 Å². The molecule has 4 atom stereocenters. The molecule has 1 aliphatic heterocycles. The van der Waals surface area contributed by atoms with Gasteiger partial charge < -0.3 is 10.1 Å². The standard InChI is InChI=1S/C18H24N6O3/c1-3-24-15-7-4-10(8-14(15)21-23-24)17(25)19-11-5-6-13-12(9-11)16(22-20-13)18(26)27-2/h4,7-8,11-13,16,20,22H,3,5-6,9H2,1-2H3,(H,19,25). The summed E-state index contributed by atoms with van der Waals surface area (Å²) in [6.07, 6.45) is 2.48. The van der Waals surface area contributed by atoms with Crippen molar-refractivity contribution in [2.45, 2.75) is 50.9 Å². The summed E-state index contributed by atoms with van der Waals surface area (Å²) in [4.78, 5) is 24.7. The molecule has 0 bridgehead atoms. The molecule has 1 aliphatic carbocycles. The number of hydrogen-bond acceptors (Lipinski definition) is 7. The number of amides is 1. The summed E-state index contributed by atoms with van der Waals surface area (Å²) in [7, 11) is 1.39. The predicted molar refractivity (Wildman–Crippen MR) is 97.7 cm³/mol. The van der Waals surface area contributed by atoms with Crippen molar-refractivity contribution in [3.05, 3.63) is 23.8 Å². The third-order valence-corrected chi connectivity index (χ3v) is 5.62. The second kappa shape index (κ2) is 7.24. The van der Waals surface area contributed by atoms with Crippen LogP contribution in [0.1, 0.15) is 36.5 Å². The van der Waals surface area contributed by atoms with Gasteiger partial charge in [-0.2, -0.15) is 0 Å². The molecule has 1 aromatic heterocycles. The zero-order valence-corrected chi connectivity index (χ0v) is 15.4. The number of rotatable bonds is 4. The van der Waals surface area contributed by atoms with Crippen LogP contribution in [0, 0.1) is 5.92 Å². The lowest BCUT2D eigenvalue weighted by molar-refractivity contribution is -0.144. The summed E-state index contributed by atoms with van der Waals surface area (Å²) in [5.41, 5.74) is 8.40. The average Bonchev–Trinajstić information content (AvgIpc) is 3.30. The topological polar surface area (TPSA) is 110 Å². The Hall–Kier alpha value is -2.52. The highest BCUT2D eigenvalue weighted by molar-refractivity contribution is 5.97. The van der Waals surface area contributed by atoms with E-state index in [1.807, 2.05) is 13.0 Å². The number of nitrogens with zero attached hydrogens (tertiary/aromatic N) is 3. The normalized spacial score (nSPS) is 27.3. The molecule has 9 heteroatoms. The molecule has 2 aliphatic rings. The van der Waals surface area contributed by atoms with Crippen molar-refractivity contribution in [1.29, 1.82) is 0 Å². The summed E-state index contributed by atoms with van der Waals surface area (Å²) < 4.78 is 6.67. The quantitative estimate of drug-likeness (QED) is 0.665. The van der Waals surface area contributed by atoms with E-state index in [2.05, 4.69) is 26.5 Å². The number of hydrogen-bond donors (Lipinski definition) is 3. The maximum absolute atomic E-state index is 12.7. The first-order valence-electron chi connectivity index (χ1n) is 9.33. The number of aromatic nitrogens is 3. The molecule has 1 aromatic carbocycles. The van der Waals surface area contributed by atoms with Crippen molar-refractivity contribution >= 4 is 22.9 Å². The number of carbonyl (C=O) groups is 2. The Kier molecular flexibility index (Phi) is 4.79. The van der Waals surface area contributed by atoms with Gasteiger partial charge >= 0.3 is 5.97 Å². The lowest BCUT2D eigenvalue weighted by Crippen LogP contribution is -2.46. The smallest absolute Gasteiger partial charge is 0.324 e. The van der Waals surface area contributed by atoms with Crippen LogP contribution in [0.3, 0.4) is 0 Å². The van der Waals surface area contributed by atoms with Crippen LogP contribution >= 0.6 is 0 Å². The average molecular weight is 372 g/mol. The summed E-state index contributed by atoms with van der Waals surface area (Å²) >= 11 is 0. The lowest BCUT2D eigenvalue weighted by Gasteiger charge is -2.32. The van der Waals surface area contributed by atoms with Crippen LogP contribution in [-0.2, 0) is 16.1 Å². The van der Waals surface area contributed by atoms with E-state index in [4.69, 9.17) is 4.74 Å². The maximum Gasteiger partial charge on any atom is 0.324 e. The van der Waals surface area contributed by atoms with Gasteiger partial charge in [-0.3, -0.25) is 15.0 Å². The van der Waals surface area contributed by atoms with Gasteiger partial charge in [-0.15, -0.1) is 5.10 Å². The van der Waals surface area contributed by atoms with Gasteiger partial charge in [0.05, 0.1) is 12.6 Å². The number of ether oxygens (including phenoxy) is 1. The number of nitrogens with one attached hydrogen (secondary N) is 3. The number of methoxy groups -OCH3 is 1. The number of hydrazine groups is 1. The third-order valence-electron chi connectivity index (χ3n) is 5.62. The van der Waals surface area contributed by atoms with Gasteiger partial charge in [0, 0.05) is 30.1 Å². The van der Waals surface area contributed by atoms with Crippen molar-refractivity contribution < 1.29 is 14.3 Å². The van der Waals surface area contributed by atoms with Gasteiger partial charge in [-0.05, 0) is 44.4 Å². The molecule has 27 heavy (non-hydrogen) atoms. The minimum atomic E-state index is -0.375. The Balaban J connectivity index is 1.44. The van der Waals surface area contributed by atoms with Crippen LogP contribution in [0.15, 0.2) is 18.2 Å². The Morgan fingerprint density at radius 1 is 1.33 bits per heavy atom. The number of fused-ring (bicyclic) bond motifs is 2. The van der Waals surface area contributed by atoms with E-state index in [-0.39, 0.29) is 35.9 Å². The van der Waals surface area contributed by atoms with Gasteiger partial charge in [0.1, 0.15) is 11.6 Å². The first-order chi connectivity index (χ1) is 13.1. The first-order valence-corrected chi connectivity index (χ1v) is 9.33. The van der Waals surface area contributed by atoms with Crippen LogP contribution in [0.5, 0.6) is 0 Å². The minimum Gasteiger partial charge on any atom is -0.468 e. The van der Waals surface area contributed by atoms with Crippen LogP contribution in [0.25, 0.3) is 11.0 Å². The van der Waals surface area contributed by atoms with Gasteiger partial charge in [-0.25, -0.2) is 10.1 Å². The van der Waals surface area contributed by atoms with Crippen molar-refractivity contribution in [1.82, 2.24) is 31.2 Å². The van der Waals surface area contributed by atoms with Crippen LogP contribution < -0.4 is 16.2 Å². The highest BCUT2D eigenvalue weighted by atomic mass is 16.5. The predicted octanol–water partition coefficient (Wildman–Crippen LogP) is 0.368. The molecule has 144 valence electrons. The fraction of sp³-hybridized carbons (Fsp3) is 0.556. The van der Waals surface area contributed by atoms with E-state index in [1.54, 1.807) is 16.8 Å². The molecule has 1 saturated carbocycles. The molecule has 9 nitrogen and oxygen atoms in total. The highest BCUT2D eigenvalue weighted by Crippen LogP contribution is 2.31. The summed E-state index contributed by atoms with van der Waals surface area (Å²) in [5, 5.41) is 11.3. The molecule has 0 radical (unpaired) electrons. The Morgan fingerprint density at radius 3 is 2.96 bits per heavy atom. The van der Waals surface area contributed by atoms with E-state index in [0.29, 0.717) is 11.1 Å². The molecule has 2 aromatic rings. The second-order valence-electron chi connectivity index (χ2n) is 7.15. The fourth-order valence-electron chi connectivity index (χ4n) is 4.16. The van der Waals surface area contributed by atoms with Crippen LogP contribution in [0.2, 0.25) is 0 Å². The van der Waals surface area contributed by atoms with Gasteiger partial charge in [-0.1, -0.05) is 5.21 Å². The number of carbonyl (C=O) groups excluding carboxylic acids is 2. The van der Waals surface area contributed by atoms with E-state index in [0.717, 1.165) is 31.3 Å². The van der Waals surface area contributed by atoms with E-state index < -0.39 is 0 Å². The molecular formula is C18H24N6O3. The lowest BCUT2D eigenvalue weighted by atomic mass is 9.79. The SMILES string of the molecule is CCn1nnc2cc(C(=O)NC3CCC4NNC(C(=O)OC)C4C3)ccc21. The number of aryl methyl sites for hydroxylation is 1. The van der Waals surface area contributed by atoms with Crippen LogP contribution in [0.4, 0.5) is 0 Å². The summed E-state index contributed by atoms with van der Waals surface area (Å²) in [6.45, 7) is 2.73. The largest absolute Gasteiger partial charge is 0.468 e. The Labute approximate surface area is 156 Å². The summed E-state index contributed by atoms with van der Waals surface area (Å²) in [5.74, 6) is -0.296. The molecule has 3 N–H and O–H groups in total. The van der Waals surface area contributed by atoms with Gasteiger partial charge in [0.25, 0.3) is 5.91 Å². The number of benzene rings is 1.